The Labute approximate surface area is 96.1 Å². The van der Waals surface area contributed by atoms with Gasteiger partial charge >= 0.3 is 6.18 Å². The second-order valence-corrected chi connectivity index (χ2v) is 3.58. The van der Waals surface area contributed by atoms with Crippen molar-refractivity contribution in [2.75, 3.05) is 0 Å². The molecule has 0 radical (unpaired) electrons. The van der Waals surface area contributed by atoms with Crippen molar-refractivity contribution in [2.24, 2.45) is 10.7 Å². The predicted octanol–water partition coefficient (Wildman–Crippen LogP) is 2.92. The second-order valence-electron chi connectivity index (χ2n) is 3.58. The number of alkyl halides is 3. The van der Waals surface area contributed by atoms with E-state index in [2.05, 4.69) is 4.99 Å². The molecule has 0 bridgehead atoms. The Kier molecular flexibility index (Phi) is 3.55. The first kappa shape index (κ1) is 13.2. The molecule has 3 nitrogen and oxygen atoms in total. The van der Waals surface area contributed by atoms with Crippen molar-refractivity contribution < 1.29 is 18.0 Å². The van der Waals surface area contributed by atoms with Gasteiger partial charge in [0.25, 0.3) is 0 Å². The first-order valence-corrected chi connectivity index (χ1v) is 4.74. The van der Waals surface area contributed by atoms with Gasteiger partial charge in [0.05, 0.1) is 17.1 Å². The van der Waals surface area contributed by atoms with Gasteiger partial charge in [-0.15, -0.1) is 0 Å². The van der Waals surface area contributed by atoms with E-state index in [1.807, 2.05) is 0 Å². The van der Waals surface area contributed by atoms with Crippen LogP contribution in [0.15, 0.2) is 23.2 Å². The molecule has 2 N–H and O–H groups in total. The lowest BCUT2D eigenvalue weighted by molar-refractivity contribution is -0.137. The molecule has 0 fully saturated rings. The van der Waals surface area contributed by atoms with Gasteiger partial charge in [-0.05, 0) is 32.0 Å². The maximum Gasteiger partial charge on any atom is 0.416 e. The Morgan fingerprint density at radius 1 is 1.24 bits per heavy atom. The zero-order valence-corrected chi connectivity index (χ0v) is 9.30. The number of rotatable bonds is 2. The third-order valence-corrected chi connectivity index (χ3v) is 1.96. The van der Waals surface area contributed by atoms with Crippen molar-refractivity contribution >= 4 is 17.3 Å². The number of carbonyl (C=O) groups excluding carboxylic acids is 1. The number of ketones is 1. The summed E-state index contributed by atoms with van der Waals surface area (Å²) in [6.07, 6.45) is -4.52. The monoisotopic (exact) mass is 244 g/mol. The van der Waals surface area contributed by atoms with E-state index in [0.29, 0.717) is 0 Å². The molecule has 0 saturated heterocycles. The molecule has 1 aromatic carbocycles. The van der Waals surface area contributed by atoms with Gasteiger partial charge in [0.1, 0.15) is 0 Å². The fourth-order valence-corrected chi connectivity index (χ4v) is 1.25. The van der Waals surface area contributed by atoms with Crippen LogP contribution in [0.4, 0.5) is 18.9 Å². The molecular weight excluding hydrogens is 233 g/mol. The number of Topliss-reactive ketones (excluding diaryl/α,β-unsaturated/α-hetero) is 1. The van der Waals surface area contributed by atoms with Gasteiger partial charge in [-0.25, -0.2) is 4.99 Å². The molecule has 0 aliphatic carbocycles. The van der Waals surface area contributed by atoms with Gasteiger partial charge in [0.2, 0.25) is 0 Å². The van der Waals surface area contributed by atoms with E-state index >= 15 is 0 Å². The molecule has 6 heteroatoms. The standard InChI is InChI=1S/C11H11F3N2O/c1-6(17)8-3-9(11(12,13)14)5-10(4-8)16-7(2)15/h3-5H,1-2H3,(H2,15,16). The van der Waals surface area contributed by atoms with Crippen LogP contribution in [0.2, 0.25) is 0 Å². The summed E-state index contributed by atoms with van der Waals surface area (Å²) in [4.78, 5) is 14.8. The molecule has 0 unspecified atom stereocenters. The number of nitrogens with two attached hydrogens (primary N) is 1. The molecule has 0 amide bonds. The molecule has 0 heterocycles. The molecule has 0 aromatic heterocycles. The van der Waals surface area contributed by atoms with E-state index < -0.39 is 17.5 Å². The highest BCUT2D eigenvalue weighted by molar-refractivity contribution is 5.95. The Balaban J connectivity index is 3.39. The Hall–Kier alpha value is -1.85. The van der Waals surface area contributed by atoms with Gasteiger partial charge in [-0.3, -0.25) is 4.79 Å². The molecule has 17 heavy (non-hydrogen) atoms. The Morgan fingerprint density at radius 2 is 1.82 bits per heavy atom. The summed E-state index contributed by atoms with van der Waals surface area (Å²) < 4.78 is 37.7. The summed E-state index contributed by atoms with van der Waals surface area (Å²) in [7, 11) is 0. The van der Waals surface area contributed by atoms with Crippen molar-refractivity contribution in [1.29, 1.82) is 0 Å². The summed E-state index contributed by atoms with van der Waals surface area (Å²) >= 11 is 0. The van der Waals surface area contributed by atoms with E-state index in [1.165, 1.54) is 19.9 Å². The van der Waals surface area contributed by atoms with E-state index in [0.717, 1.165) is 12.1 Å². The van der Waals surface area contributed by atoms with Crippen LogP contribution in [-0.4, -0.2) is 11.6 Å². The van der Waals surface area contributed by atoms with Crippen LogP contribution in [0.1, 0.15) is 29.8 Å². The fourth-order valence-electron chi connectivity index (χ4n) is 1.25. The molecule has 0 atom stereocenters. The number of nitrogens with zero attached hydrogens (tertiary/aromatic N) is 1. The van der Waals surface area contributed by atoms with Gasteiger partial charge in [-0.2, -0.15) is 13.2 Å². The summed E-state index contributed by atoms with van der Waals surface area (Å²) in [6, 6.07) is 2.92. The van der Waals surface area contributed by atoms with E-state index in [1.54, 1.807) is 0 Å². The van der Waals surface area contributed by atoms with Crippen LogP contribution in [-0.2, 0) is 6.18 Å². The predicted molar refractivity (Wildman–Crippen MR) is 58.4 cm³/mol. The minimum Gasteiger partial charge on any atom is -0.387 e. The highest BCUT2D eigenvalue weighted by Gasteiger charge is 2.31. The van der Waals surface area contributed by atoms with E-state index in [-0.39, 0.29) is 17.1 Å². The van der Waals surface area contributed by atoms with E-state index in [4.69, 9.17) is 5.73 Å². The number of amidine groups is 1. The average Bonchev–Trinajstić information content (AvgIpc) is 2.14. The summed E-state index contributed by atoms with van der Waals surface area (Å²) in [5.41, 5.74) is 4.36. The number of carbonyl (C=O) groups is 1. The molecule has 0 aliphatic rings. The highest BCUT2D eigenvalue weighted by Crippen LogP contribution is 2.32. The van der Waals surface area contributed by atoms with Crippen molar-refractivity contribution in [2.45, 2.75) is 20.0 Å². The first-order valence-electron chi connectivity index (χ1n) is 4.74. The number of hydrogen-bond acceptors (Lipinski definition) is 2. The van der Waals surface area contributed by atoms with E-state index in [9.17, 15) is 18.0 Å². The molecule has 92 valence electrons. The lowest BCUT2D eigenvalue weighted by atomic mass is 10.1. The van der Waals surface area contributed by atoms with Crippen LogP contribution in [0, 0.1) is 0 Å². The smallest absolute Gasteiger partial charge is 0.387 e. The minimum absolute atomic E-state index is 0.0185. The normalized spacial score (nSPS) is 12.6. The first-order chi connectivity index (χ1) is 7.70. The zero-order chi connectivity index (χ0) is 13.2. The molecule has 1 aromatic rings. The summed E-state index contributed by atoms with van der Waals surface area (Å²) in [6.45, 7) is 2.64. The zero-order valence-electron chi connectivity index (χ0n) is 9.30. The molecule has 1 rings (SSSR count). The largest absolute Gasteiger partial charge is 0.416 e. The average molecular weight is 244 g/mol. The molecule has 0 aliphatic heterocycles. The summed E-state index contributed by atoms with van der Waals surface area (Å²) in [5, 5.41) is 0. The second kappa shape index (κ2) is 4.57. The quantitative estimate of drug-likeness (QED) is 0.494. The van der Waals surface area contributed by atoms with Gasteiger partial charge < -0.3 is 5.73 Å². The lowest BCUT2D eigenvalue weighted by Gasteiger charge is -2.09. The van der Waals surface area contributed by atoms with Gasteiger partial charge in [-0.1, -0.05) is 0 Å². The molecule has 0 saturated carbocycles. The van der Waals surface area contributed by atoms with Crippen molar-refractivity contribution in [3.05, 3.63) is 29.3 Å². The Bertz CT molecular complexity index is 474. The number of hydrogen-bond donors (Lipinski definition) is 1. The molecular formula is C11H11F3N2O. The van der Waals surface area contributed by atoms with Crippen LogP contribution in [0.3, 0.4) is 0 Å². The van der Waals surface area contributed by atoms with Crippen molar-refractivity contribution in [3.8, 4) is 0 Å². The van der Waals surface area contributed by atoms with Gasteiger partial charge in [0, 0.05) is 5.56 Å². The number of benzene rings is 1. The maximum atomic E-state index is 12.6. The third-order valence-electron chi connectivity index (χ3n) is 1.96. The number of halogens is 3. The fraction of sp³-hybridized carbons (Fsp3) is 0.273. The topological polar surface area (TPSA) is 55.5 Å². The van der Waals surface area contributed by atoms with Crippen molar-refractivity contribution in [3.63, 3.8) is 0 Å². The minimum atomic E-state index is -4.52. The number of aliphatic imine (C=N–C) groups is 1. The van der Waals surface area contributed by atoms with Gasteiger partial charge in [0.15, 0.2) is 5.78 Å². The van der Waals surface area contributed by atoms with Crippen molar-refractivity contribution in [1.82, 2.24) is 0 Å². The lowest BCUT2D eigenvalue weighted by Crippen LogP contribution is -2.08. The van der Waals surface area contributed by atoms with Crippen LogP contribution in [0.5, 0.6) is 0 Å². The summed E-state index contributed by atoms with van der Waals surface area (Å²) in [5.74, 6) is -0.332. The third kappa shape index (κ3) is 3.58. The molecule has 0 spiro atoms. The maximum absolute atomic E-state index is 12.6. The van der Waals surface area contributed by atoms with Crippen LogP contribution < -0.4 is 5.73 Å². The van der Waals surface area contributed by atoms with Crippen LogP contribution in [0.25, 0.3) is 0 Å². The highest BCUT2D eigenvalue weighted by atomic mass is 19.4. The SMILES string of the molecule is CC(=O)c1cc(N=C(C)N)cc(C(F)(F)F)c1. The van der Waals surface area contributed by atoms with Crippen LogP contribution >= 0.6 is 0 Å². The Morgan fingerprint density at radius 3 is 2.24 bits per heavy atom.